The van der Waals surface area contributed by atoms with Crippen LogP contribution in [0.25, 0.3) is 10.9 Å². The minimum atomic E-state index is 0.343. The summed E-state index contributed by atoms with van der Waals surface area (Å²) in [6.45, 7) is 3.97. The number of H-pyrrole nitrogens is 1. The first-order valence-corrected chi connectivity index (χ1v) is 9.65. The molecule has 0 atom stereocenters. The third kappa shape index (κ3) is 4.17. The van der Waals surface area contributed by atoms with Crippen LogP contribution in [0.2, 0.25) is 0 Å². The predicted octanol–water partition coefficient (Wildman–Crippen LogP) is 4.85. The van der Waals surface area contributed by atoms with Gasteiger partial charge in [-0.2, -0.15) is 0 Å². The Morgan fingerprint density at radius 2 is 2.04 bits per heavy atom. The van der Waals surface area contributed by atoms with E-state index in [0.29, 0.717) is 11.8 Å². The first-order chi connectivity index (χ1) is 12.2. The van der Waals surface area contributed by atoms with Gasteiger partial charge in [0.1, 0.15) is 5.75 Å². The number of nitrogens with one attached hydrogen (secondary N) is 1. The molecule has 0 spiro atoms. The number of methoxy groups -OCH3 is 1. The molecule has 0 saturated carbocycles. The zero-order valence-corrected chi connectivity index (χ0v) is 15.5. The maximum absolute atomic E-state index is 12.4. The van der Waals surface area contributed by atoms with Crippen molar-refractivity contribution in [3.8, 4) is 5.75 Å². The molecule has 4 nitrogen and oxygen atoms in total. The van der Waals surface area contributed by atoms with Crippen molar-refractivity contribution in [1.29, 1.82) is 0 Å². The minimum absolute atomic E-state index is 0.343. The van der Waals surface area contributed by atoms with Gasteiger partial charge in [0.2, 0.25) is 5.91 Å². The van der Waals surface area contributed by atoms with Gasteiger partial charge in [-0.05, 0) is 48.9 Å². The van der Waals surface area contributed by atoms with Crippen LogP contribution in [0, 0.1) is 0 Å². The Hall–Kier alpha value is -1.97. The summed E-state index contributed by atoms with van der Waals surface area (Å²) in [7, 11) is 1.71. The third-order valence-electron chi connectivity index (χ3n) is 5.45. The molecule has 3 rings (SSSR count). The summed E-state index contributed by atoms with van der Waals surface area (Å²) in [5, 5.41) is 1.25. The van der Waals surface area contributed by atoms with E-state index in [2.05, 4.69) is 35.1 Å². The standard InChI is InChI=1S/C21H30N2O2/c1-3-4-5-6-7-21(24)23-12-10-16(11-13-23)19-15-22-20-9-8-17(25-2)14-18(19)20/h8-9,14-16,22H,3-7,10-13H2,1-2H3. The Bertz CT molecular complexity index is 699. The number of unbranched alkanes of at least 4 members (excludes halogenated alkanes) is 3. The molecular weight excluding hydrogens is 312 g/mol. The topological polar surface area (TPSA) is 45.3 Å². The lowest BCUT2D eigenvalue weighted by atomic mass is 9.89. The summed E-state index contributed by atoms with van der Waals surface area (Å²) in [5.41, 5.74) is 2.52. The molecule has 0 bridgehead atoms. The van der Waals surface area contributed by atoms with Gasteiger partial charge in [0.15, 0.2) is 0 Å². The van der Waals surface area contributed by atoms with E-state index in [1.54, 1.807) is 7.11 Å². The maximum Gasteiger partial charge on any atom is 0.222 e. The van der Waals surface area contributed by atoms with Crippen LogP contribution in [0.5, 0.6) is 5.75 Å². The summed E-state index contributed by atoms with van der Waals surface area (Å²) in [6, 6.07) is 6.18. The molecule has 0 radical (unpaired) electrons. The number of ether oxygens (including phenoxy) is 1. The zero-order valence-electron chi connectivity index (χ0n) is 15.5. The Labute approximate surface area is 150 Å². The number of aromatic nitrogens is 1. The molecule has 1 fully saturated rings. The Morgan fingerprint density at radius 3 is 2.76 bits per heavy atom. The van der Waals surface area contributed by atoms with E-state index in [0.717, 1.165) is 50.0 Å². The van der Waals surface area contributed by atoms with Crippen molar-refractivity contribution in [2.75, 3.05) is 20.2 Å². The molecule has 25 heavy (non-hydrogen) atoms. The number of hydrogen-bond donors (Lipinski definition) is 1. The number of benzene rings is 1. The summed E-state index contributed by atoms with van der Waals surface area (Å²) in [4.78, 5) is 17.8. The van der Waals surface area contributed by atoms with E-state index in [9.17, 15) is 4.79 Å². The summed E-state index contributed by atoms with van der Waals surface area (Å²) < 4.78 is 5.37. The summed E-state index contributed by atoms with van der Waals surface area (Å²) in [5.74, 6) is 1.76. The number of piperidine rings is 1. The van der Waals surface area contributed by atoms with E-state index in [4.69, 9.17) is 4.74 Å². The molecule has 1 saturated heterocycles. The first-order valence-electron chi connectivity index (χ1n) is 9.65. The van der Waals surface area contributed by atoms with Crippen molar-refractivity contribution in [3.05, 3.63) is 30.0 Å². The highest BCUT2D eigenvalue weighted by molar-refractivity contribution is 5.85. The van der Waals surface area contributed by atoms with Gasteiger partial charge in [0.25, 0.3) is 0 Å². The Morgan fingerprint density at radius 1 is 1.24 bits per heavy atom. The number of carbonyl (C=O) groups excluding carboxylic acids is 1. The number of likely N-dealkylation sites (tertiary alicyclic amines) is 1. The van der Waals surface area contributed by atoms with Gasteiger partial charge in [0.05, 0.1) is 7.11 Å². The van der Waals surface area contributed by atoms with Crippen LogP contribution >= 0.6 is 0 Å². The molecule has 1 aliphatic rings. The van der Waals surface area contributed by atoms with Gasteiger partial charge >= 0.3 is 0 Å². The quantitative estimate of drug-likeness (QED) is 0.731. The van der Waals surface area contributed by atoms with Crippen LogP contribution in [0.15, 0.2) is 24.4 Å². The normalized spacial score (nSPS) is 15.7. The Balaban J connectivity index is 1.58. The van der Waals surface area contributed by atoms with Crippen LogP contribution in [-0.2, 0) is 4.79 Å². The zero-order chi connectivity index (χ0) is 17.6. The monoisotopic (exact) mass is 342 g/mol. The summed E-state index contributed by atoms with van der Waals surface area (Å²) in [6.07, 6.45) is 9.61. The number of aromatic amines is 1. The van der Waals surface area contributed by atoms with Crippen molar-refractivity contribution in [2.45, 2.75) is 57.8 Å². The SMILES string of the molecule is CCCCCCC(=O)N1CCC(c2c[nH]c3ccc(OC)cc23)CC1. The highest BCUT2D eigenvalue weighted by Gasteiger charge is 2.25. The molecule has 1 N–H and O–H groups in total. The van der Waals surface area contributed by atoms with Crippen molar-refractivity contribution in [2.24, 2.45) is 0 Å². The number of rotatable bonds is 7. The average Bonchev–Trinajstić information content (AvgIpc) is 3.08. The molecule has 4 heteroatoms. The van der Waals surface area contributed by atoms with Crippen LogP contribution in [0.4, 0.5) is 0 Å². The van der Waals surface area contributed by atoms with Crippen LogP contribution in [0.1, 0.15) is 63.4 Å². The van der Waals surface area contributed by atoms with E-state index >= 15 is 0 Å². The van der Waals surface area contributed by atoms with Gasteiger partial charge < -0.3 is 14.6 Å². The molecule has 1 aromatic heterocycles. The number of amides is 1. The van der Waals surface area contributed by atoms with Crippen molar-refractivity contribution < 1.29 is 9.53 Å². The molecular formula is C21H30N2O2. The molecule has 0 aliphatic carbocycles. The fraction of sp³-hybridized carbons (Fsp3) is 0.571. The lowest BCUT2D eigenvalue weighted by Gasteiger charge is -2.32. The third-order valence-corrected chi connectivity index (χ3v) is 5.45. The van der Waals surface area contributed by atoms with Crippen molar-refractivity contribution >= 4 is 16.8 Å². The molecule has 2 aromatic rings. The smallest absolute Gasteiger partial charge is 0.222 e. The highest BCUT2D eigenvalue weighted by Crippen LogP contribution is 2.34. The molecule has 1 amide bonds. The largest absolute Gasteiger partial charge is 0.497 e. The van der Waals surface area contributed by atoms with Crippen LogP contribution < -0.4 is 4.74 Å². The fourth-order valence-electron chi connectivity index (χ4n) is 3.89. The number of carbonyl (C=O) groups is 1. The van der Waals surface area contributed by atoms with Gasteiger partial charge in [-0.25, -0.2) is 0 Å². The average molecular weight is 342 g/mol. The minimum Gasteiger partial charge on any atom is -0.497 e. The van der Waals surface area contributed by atoms with Gasteiger partial charge in [-0.1, -0.05) is 26.2 Å². The molecule has 1 aromatic carbocycles. The van der Waals surface area contributed by atoms with Crippen molar-refractivity contribution in [3.63, 3.8) is 0 Å². The maximum atomic E-state index is 12.4. The summed E-state index contributed by atoms with van der Waals surface area (Å²) >= 11 is 0. The first kappa shape index (κ1) is 17.8. The van der Waals surface area contributed by atoms with Crippen molar-refractivity contribution in [1.82, 2.24) is 9.88 Å². The second-order valence-electron chi connectivity index (χ2n) is 7.12. The van der Waals surface area contributed by atoms with Gasteiger partial charge in [0, 0.05) is 36.6 Å². The molecule has 136 valence electrons. The van der Waals surface area contributed by atoms with E-state index in [-0.39, 0.29) is 0 Å². The molecule has 2 heterocycles. The predicted molar refractivity (Wildman–Crippen MR) is 102 cm³/mol. The highest BCUT2D eigenvalue weighted by atomic mass is 16.5. The van der Waals surface area contributed by atoms with E-state index < -0.39 is 0 Å². The van der Waals surface area contributed by atoms with E-state index in [1.807, 2.05) is 6.07 Å². The van der Waals surface area contributed by atoms with Crippen LogP contribution in [0.3, 0.4) is 0 Å². The van der Waals surface area contributed by atoms with Gasteiger partial charge in [-0.15, -0.1) is 0 Å². The lowest BCUT2D eigenvalue weighted by molar-refractivity contribution is -0.132. The molecule has 0 unspecified atom stereocenters. The number of fused-ring (bicyclic) bond motifs is 1. The number of hydrogen-bond acceptors (Lipinski definition) is 2. The van der Waals surface area contributed by atoms with Gasteiger partial charge in [-0.3, -0.25) is 4.79 Å². The fourth-order valence-corrected chi connectivity index (χ4v) is 3.89. The molecule has 1 aliphatic heterocycles. The van der Waals surface area contributed by atoms with Crippen LogP contribution in [-0.4, -0.2) is 36.0 Å². The lowest BCUT2D eigenvalue weighted by Crippen LogP contribution is -2.37. The van der Waals surface area contributed by atoms with E-state index in [1.165, 1.54) is 30.2 Å². The second kappa shape index (κ2) is 8.41. The second-order valence-corrected chi connectivity index (χ2v) is 7.12. The Kier molecular flexibility index (Phi) is 6.00. The number of nitrogens with zero attached hydrogens (tertiary/aromatic N) is 1.